The largest absolute Gasteiger partial charge is 0.492 e. The number of benzene rings is 1. The summed E-state index contributed by atoms with van der Waals surface area (Å²) in [6.45, 7) is 3.84. The molecule has 1 fully saturated rings. The number of nitrogens with zero attached hydrogens (tertiary/aromatic N) is 1. The number of hydrogen-bond donors (Lipinski definition) is 1. The third kappa shape index (κ3) is 3.41. The van der Waals surface area contributed by atoms with E-state index < -0.39 is 5.82 Å². The van der Waals surface area contributed by atoms with Crippen LogP contribution < -0.4 is 10.1 Å². The monoisotopic (exact) mass is 300 g/mol. The molecule has 20 heavy (non-hydrogen) atoms. The maximum absolute atomic E-state index is 13.8. The normalized spacial score (nSPS) is 20.4. The number of ether oxygens (including phenoxy) is 1. The first kappa shape index (κ1) is 15.1. The Morgan fingerprint density at radius 3 is 2.95 bits per heavy atom. The first-order valence-electron chi connectivity index (χ1n) is 6.54. The Hall–Kier alpha value is -1.33. The molecule has 1 amide bonds. The van der Waals surface area contributed by atoms with Crippen LogP contribution in [0.4, 0.5) is 4.39 Å². The quantitative estimate of drug-likeness (QED) is 0.930. The zero-order valence-corrected chi connectivity index (χ0v) is 12.3. The summed E-state index contributed by atoms with van der Waals surface area (Å²) in [5.74, 6) is -0.346. The molecular weight excluding hydrogens is 283 g/mol. The highest BCUT2D eigenvalue weighted by Gasteiger charge is 2.21. The Bertz CT molecular complexity index is 487. The summed E-state index contributed by atoms with van der Waals surface area (Å²) in [6, 6.07) is 3.33. The lowest BCUT2D eigenvalue weighted by Gasteiger charge is -2.26. The van der Waals surface area contributed by atoms with Crippen molar-refractivity contribution in [3.8, 4) is 5.75 Å². The molecule has 0 spiro atoms. The molecule has 110 valence electrons. The molecule has 0 bridgehead atoms. The Morgan fingerprint density at radius 1 is 1.55 bits per heavy atom. The van der Waals surface area contributed by atoms with Gasteiger partial charge in [-0.1, -0.05) is 11.6 Å². The minimum atomic E-state index is -0.466. The van der Waals surface area contributed by atoms with E-state index in [1.807, 2.05) is 6.92 Å². The van der Waals surface area contributed by atoms with Crippen molar-refractivity contribution in [2.45, 2.75) is 25.9 Å². The van der Waals surface area contributed by atoms with Crippen molar-refractivity contribution in [1.82, 2.24) is 10.2 Å². The van der Waals surface area contributed by atoms with Crippen LogP contribution in [0.2, 0.25) is 5.02 Å². The van der Waals surface area contributed by atoms with Crippen molar-refractivity contribution in [3.05, 3.63) is 28.5 Å². The van der Waals surface area contributed by atoms with E-state index in [1.54, 1.807) is 6.07 Å². The summed E-state index contributed by atoms with van der Waals surface area (Å²) >= 11 is 5.99. The molecule has 1 saturated heterocycles. The molecule has 1 unspecified atom stereocenters. The molecule has 1 heterocycles. The minimum absolute atomic E-state index is 0.0540. The smallest absolute Gasteiger partial charge is 0.221 e. The van der Waals surface area contributed by atoms with E-state index in [4.69, 9.17) is 16.3 Å². The van der Waals surface area contributed by atoms with Gasteiger partial charge in [0.25, 0.3) is 0 Å². The van der Waals surface area contributed by atoms with Crippen molar-refractivity contribution in [2.75, 3.05) is 20.2 Å². The highest BCUT2D eigenvalue weighted by Crippen LogP contribution is 2.29. The van der Waals surface area contributed by atoms with Crippen LogP contribution >= 0.6 is 11.6 Å². The maximum atomic E-state index is 13.8. The average molecular weight is 301 g/mol. The fourth-order valence-electron chi connectivity index (χ4n) is 2.31. The molecule has 0 radical (unpaired) electrons. The Morgan fingerprint density at radius 2 is 2.30 bits per heavy atom. The number of rotatable bonds is 3. The molecule has 1 aliphatic rings. The van der Waals surface area contributed by atoms with Crippen LogP contribution in [0.15, 0.2) is 12.1 Å². The molecule has 4 nitrogen and oxygen atoms in total. The zero-order chi connectivity index (χ0) is 14.7. The van der Waals surface area contributed by atoms with E-state index in [0.29, 0.717) is 26.1 Å². The standard InChI is InChI=1S/C14H18ClFN2O2/c1-9-7-17-13(19)3-4-18(9)8-10-5-11(15)14(20-2)12(16)6-10/h5-6,9H,3-4,7-8H2,1-2H3,(H,17,19). The van der Waals surface area contributed by atoms with Gasteiger partial charge in [0.05, 0.1) is 12.1 Å². The second-order valence-electron chi connectivity index (χ2n) is 4.97. The van der Waals surface area contributed by atoms with E-state index in [2.05, 4.69) is 10.2 Å². The van der Waals surface area contributed by atoms with Crippen molar-refractivity contribution in [3.63, 3.8) is 0 Å². The summed E-state index contributed by atoms with van der Waals surface area (Å²) in [6.07, 6.45) is 0.455. The Balaban J connectivity index is 2.14. The minimum Gasteiger partial charge on any atom is -0.492 e. The fraction of sp³-hybridized carbons (Fsp3) is 0.500. The number of halogens is 2. The van der Waals surface area contributed by atoms with Crippen molar-refractivity contribution in [2.24, 2.45) is 0 Å². The first-order valence-corrected chi connectivity index (χ1v) is 6.91. The lowest BCUT2D eigenvalue weighted by molar-refractivity contribution is -0.120. The van der Waals surface area contributed by atoms with Crippen LogP contribution in [0.1, 0.15) is 18.9 Å². The lowest BCUT2D eigenvalue weighted by Crippen LogP contribution is -2.37. The SMILES string of the molecule is COc1c(F)cc(CN2CCC(=O)NCC2C)cc1Cl. The van der Waals surface area contributed by atoms with Gasteiger partial charge in [-0.25, -0.2) is 4.39 Å². The molecular formula is C14H18ClFN2O2. The summed E-state index contributed by atoms with van der Waals surface area (Å²) < 4.78 is 18.7. The second-order valence-corrected chi connectivity index (χ2v) is 5.37. The van der Waals surface area contributed by atoms with Gasteiger partial charge < -0.3 is 10.1 Å². The average Bonchev–Trinajstić information content (AvgIpc) is 2.54. The summed E-state index contributed by atoms with van der Waals surface area (Å²) in [5.41, 5.74) is 0.773. The first-order chi connectivity index (χ1) is 9.51. The maximum Gasteiger partial charge on any atom is 0.221 e. The van der Waals surface area contributed by atoms with Gasteiger partial charge in [-0.05, 0) is 24.6 Å². The fourth-order valence-corrected chi connectivity index (χ4v) is 2.62. The van der Waals surface area contributed by atoms with Crippen LogP contribution in [0, 0.1) is 5.82 Å². The number of amides is 1. The topological polar surface area (TPSA) is 41.6 Å². The van der Waals surface area contributed by atoms with E-state index in [1.165, 1.54) is 13.2 Å². The molecule has 1 aromatic carbocycles. The van der Waals surface area contributed by atoms with Gasteiger partial charge in [0, 0.05) is 32.1 Å². The number of methoxy groups -OCH3 is 1. The third-order valence-electron chi connectivity index (χ3n) is 3.49. The molecule has 1 aliphatic heterocycles. The van der Waals surface area contributed by atoms with Gasteiger partial charge in [0.2, 0.25) is 5.91 Å². The zero-order valence-electron chi connectivity index (χ0n) is 11.6. The number of carbonyl (C=O) groups excluding carboxylic acids is 1. The molecule has 2 rings (SSSR count). The van der Waals surface area contributed by atoms with Crippen LogP contribution in [-0.2, 0) is 11.3 Å². The van der Waals surface area contributed by atoms with E-state index >= 15 is 0 Å². The third-order valence-corrected chi connectivity index (χ3v) is 3.77. The number of carbonyl (C=O) groups is 1. The molecule has 0 aromatic heterocycles. The molecule has 1 atom stereocenters. The highest BCUT2D eigenvalue weighted by atomic mass is 35.5. The van der Waals surface area contributed by atoms with Gasteiger partial charge >= 0.3 is 0 Å². The second kappa shape index (κ2) is 6.41. The summed E-state index contributed by atoms with van der Waals surface area (Å²) in [4.78, 5) is 13.5. The molecule has 0 saturated carbocycles. The molecule has 0 aliphatic carbocycles. The summed E-state index contributed by atoms with van der Waals surface area (Å²) in [7, 11) is 1.39. The summed E-state index contributed by atoms with van der Waals surface area (Å²) in [5, 5.41) is 3.11. The van der Waals surface area contributed by atoms with Gasteiger partial charge in [0.1, 0.15) is 0 Å². The van der Waals surface area contributed by atoms with Crippen molar-refractivity contribution >= 4 is 17.5 Å². The van der Waals surface area contributed by atoms with Crippen molar-refractivity contribution in [1.29, 1.82) is 0 Å². The van der Waals surface area contributed by atoms with Crippen molar-refractivity contribution < 1.29 is 13.9 Å². The van der Waals surface area contributed by atoms with Gasteiger partial charge in [-0.2, -0.15) is 0 Å². The number of nitrogens with one attached hydrogen (secondary N) is 1. The predicted octanol–water partition coefficient (Wildman–Crippen LogP) is 2.20. The van der Waals surface area contributed by atoms with Crippen LogP contribution in [0.25, 0.3) is 0 Å². The van der Waals surface area contributed by atoms with Gasteiger partial charge in [-0.3, -0.25) is 9.69 Å². The van der Waals surface area contributed by atoms with Gasteiger partial charge in [0.15, 0.2) is 11.6 Å². The van der Waals surface area contributed by atoms with Crippen LogP contribution in [0.5, 0.6) is 5.75 Å². The Labute approximate surface area is 122 Å². The van der Waals surface area contributed by atoms with Crippen LogP contribution in [0.3, 0.4) is 0 Å². The molecule has 1 N–H and O–H groups in total. The number of hydrogen-bond acceptors (Lipinski definition) is 3. The molecule has 1 aromatic rings. The van der Waals surface area contributed by atoms with Crippen LogP contribution in [-0.4, -0.2) is 37.0 Å². The van der Waals surface area contributed by atoms with E-state index in [0.717, 1.165) is 5.56 Å². The lowest BCUT2D eigenvalue weighted by atomic mass is 10.1. The molecule has 6 heteroatoms. The van der Waals surface area contributed by atoms with E-state index in [-0.39, 0.29) is 22.7 Å². The highest BCUT2D eigenvalue weighted by molar-refractivity contribution is 6.32. The van der Waals surface area contributed by atoms with Gasteiger partial charge in [-0.15, -0.1) is 0 Å². The predicted molar refractivity (Wildman–Crippen MR) is 75.5 cm³/mol. The van der Waals surface area contributed by atoms with E-state index in [9.17, 15) is 9.18 Å². The Kier molecular flexibility index (Phi) is 4.83.